The quantitative estimate of drug-likeness (QED) is 0.278. The molecular formula is C9H12O3. The molecule has 0 saturated heterocycles. The molecule has 0 unspecified atom stereocenters. The lowest BCUT2D eigenvalue weighted by Crippen LogP contribution is -1.94. The summed E-state index contributed by atoms with van der Waals surface area (Å²) in [7, 11) is 1.32. The topological polar surface area (TPSA) is 35.5 Å². The molecule has 0 saturated carbocycles. The summed E-state index contributed by atoms with van der Waals surface area (Å²) in [5.41, 5.74) is 0. The van der Waals surface area contributed by atoms with Crippen LogP contribution in [0.25, 0.3) is 0 Å². The predicted octanol–water partition coefficient (Wildman–Crippen LogP) is 1.78. The van der Waals surface area contributed by atoms with Gasteiger partial charge in [-0.2, -0.15) is 0 Å². The second kappa shape index (κ2) is 6.22. The lowest BCUT2D eigenvalue weighted by Gasteiger charge is -1.97. The van der Waals surface area contributed by atoms with Gasteiger partial charge in [0, 0.05) is 6.08 Å². The summed E-state index contributed by atoms with van der Waals surface area (Å²) in [5, 5.41) is 0. The maximum atomic E-state index is 10.6. The molecule has 0 heterocycles. The first-order valence-corrected chi connectivity index (χ1v) is 3.44. The molecule has 0 aliphatic heterocycles. The van der Waals surface area contributed by atoms with Gasteiger partial charge in [-0.3, -0.25) is 0 Å². The third-order valence-corrected chi connectivity index (χ3v) is 1.09. The number of rotatable bonds is 4. The summed E-state index contributed by atoms with van der Waals surface area (Å²) in [6.45, 7) is 5.17. The first-order chi connectivity index (χ1) is 5.74. The fourth-order valence-corrected chi connectivity index (χ4v) is 0.518. The predicted molar refractivity (Wildman–Crippen MR) is 46.2 cm³/mol. The average molecular weight is 168 g/mol. The van der Waals surface area contributed by atoms with Crippen LogP contribution in [0.5, 0.6) is 0 Å². The van der Waals surface area contributed by atoms with Gasteiger partial charge in [0.1, 0.15) is 5.76 Å². The lowest BCUT2D eigenvalue weighted by atomic mass is 10.4. The van der Waals surface area contributed by atoms with Crippen LogP contribution in [0.1, 0.15) is 6.92 Å². The van der Waals surface area contributed by atoms with Gasteiger partial charge in [0.25, 0.3) is 0 Å². The number of ether oxygens (including phenoxy) is 2. The highest BCUT2D eigenvalue weighted by atomic mass is 16.5. The maximum absolute atomic E-state index is 10.6. The first kappa shape index (κ1) is 10.5. The summed E-state index contributed by atoms with van der Waals surface area (Å²) in [6.07, 6.45) is 5.78. The van der Waals surface area contributed by atoms with Gasteiger partial charge in [-0.05, 0) is 19.1 Å². The van der Waals surface area contributed by atoms with Crippen molar-refractivity contribution in [1.29, 1.82) is 0 Å². The smallest absolute Gasteiger partial charge is 0.330 e. The highest BCUT2D eigenvalue weighted by molar-refractivity contribution is 5.82. The summed E-state index contributed by atoms with van der Waals surface area (Å²) < 4.78 is 9.31. The van der Waals surface area contributed by atoms with Crippen LogP contribution in [0, 0.1) is 0 Å². The molecule has 0 aromatic rings. The second-order valence-electron chi connectivity index (χ2n) is 1.83. The van der Waals surface area contributed by atoms with E-state index in [1.54, 1.807) is 13.0 Å². The Morgan fingerprint density at radius 3 is 2.50 bits per heavy atom. The van der Waals surface area contributed by atoms with Gasteiger partial charge in [0.05, 0.1) is 13.4 Å². The highest BCUT2D eigenvalue weighted by Gasteiger charge is 1.92. The zero-order valence-electron chi connectivity index (χ0n) is 7.24. The molecule has 0 N–H and O–H groups in total. The van der Waals surface area contributed by atoms with Crippen LogP contribution < -0.4 is 0 Å². The summed E-state index contributed by atoms with van der Waals surface area (Å²) in [6, 6.07) is 0. The molecule has 0 radical (unpaired) electrons. The van der Waals surface area contributed by atoms with Crippen LogP contribution in [-0.2, 0) is 14.3 Å². The Hall–Kier alpha value is -1.51. The van der Waals surface area contributed by atoms with Crippen molar-refractivity contribution in [2.75, 3.05) is 7.11 Å². The van der Waals surface area contributed by atoms with E-state index in [4.69, 9.17) is 4.74 Å². The van der Waals surface area contributed by atoms with Gasteiger partial charge in [0.15, 0.2) is 0 Å². The molecule has 0 amide bonds. The minimum atomic E-state index is -0.415. The fraction of sp³-hybridized carbons (Fsp3) is 0.222. The van der Waals surface area contributed by atoms with Gasteiger partial charge < -0.3 is 9.47 Å². The van der Waals surface area contributed by atoms with E-state index in [9.17, 15) is 4.79 Å². The van der Waals surface area contributed by atoms with Crippen LogP contribution in [0.4, 0.5) is 0 Å². The molecule has 0 aliphatic carbocycles. The molecule has 0 atom stereocenters. The number of hydrogen-bond acceptors (Lipinski definition) is 3. The van der Waals surface area contributed by atoms with Crippen molar-refractivity contribution in [2.45, 2.75) is 6.92 Å². The van der Waals surface area contributed by atoms with Gasteiger partial charge in [-0.1, -0.05) is 6.58 Å². The highest BCUT2D eigenvalue weighted by Crippen LogP contribution is 1.99. The van der Waals surface area contributed by atoms with Crippen LogP contribution in [-0.4, -0.2) is 13.1 Å². The van der Waals surface area contributed by atoms with Crippen molar-refractivity contribution >= 4 is 5.97 Å². The molecule has 0 bridgehead atoms. The molecule has 3 heteroatoms. The van der Waals surface area contributed by atoms with Crippen molar-refractivity contribution in [3.63, 3.8) is 0 Å². The number of methoxy groups -OCH3 is 1. The largest absolute Gasteiger partial charge is 0.466 e. The summed E-state index contributed by atoms with van der Waals surface area (Å²) >= 11 is 0. The minimum Gasteiger partial charge on any atom is -0.466 e. The van der Waals surface area contributed by atoms with E-state index in [0.29, 0.717) is 5.76 Å². The number of esters is 1. The molecule has 0 aromatic carbocycles. The SMILES string of the molecule is C=COC(=C\C)/C=C/C(=O)OC. The maximum Gasteiger partial charge on any atom is 0.330 e. The van der Waals surface area contributed by atoms with Crippen molar-refractivity contribution < 1.29 is 14.3 Å². The molecule has 66 valence electrons. The lowest BCUT2D eigenvalue weighted by molar-refractivity contribution is -0.134. The van der Waals surface area contributed by atoms with Crippen molar-refractivity contribution in [3.8, 4) is 0 Å². The number of allylic oxidation sites excluding steroid dienone is 2. The Morgan fingerprint density at radius 1 is 1.42 bits per heavy atom. The molecule has 0 rings (SSSR count). The monoisotopic (exact) mass is 168 g/mol. The Morgan fingerprint density at radius 2 is 2.08 bits per heavy atom. The van der Waals surface area contributed by atoms with Crippen LogP contribution in [0.3, 0.4) is 0 Å². The van der Waals surface area contributed by atoms with E-state index < -0.39 is 5.97 Å². The zero-order valence-corrected chi connectivity index (χ0v) is 7.24. The molecule has 12 heavy (non-hydrogen) atoms. The second-order valence-corrected chi connectivity index (χ2v) is 1.83. The molecule has 3 nitrogen and oxygen atoms in total. The molecule has 0 spiro atoms. The van der Waals surface area contributed by atoms with E-state index >= 15 is 0 Å². The van der Waals surface area contributed by atoms with Crippen LogP contribution in [0.15, 0.2) is 36.8 Å². The van der Waals surface area contributed by atoms with Crippen molar-refractivity contribution in [1.82, 2.24) is 0 Å². The van der Waals surface area contributed by atoms with Crippen molar-refractivity contribution in [2.24, 2.45) is 0 Å². The third kappa shape index (κ3) is 4.33. The Bertz CT molecular complexity index is 214. The normalized spacial score (nSPS) is 11.3. The van der Waals surface area contributed by atoms with Gasteiger partial charge >= 0.3 is 5.97 Å². The number of carbonyl (C=O) groups is 1. The summed E-state index contributed by atoms with van der Waals surface area (Å²) in [4.78, 5) is 10.6. The zero-order chi connectivity index (χ0) is 9.40. The van der Waals surface area contributed by atoms with Crippen LogP contribution in [0.2, 0.25) is 0 Å². The third-order valence-electron chi connectivity index (χ3n) is 1.09. The van der Waals surface area contributed by atoms with Gasteiger partial charge in [0.2, 0.25) is 0 Å². The van der Waals surface area contributed by atoms with Crippen molar-refractivity contribution in [3.05, 3.63) is 36.8 Å². The van der Waals surface area contributed by atoms with Crippen LogP contribution >= 0.6 is 0 Å². The minimum absolute atomic E-state index is 0.415. The van der Waals surface area contributed by atoms with E-state index in [0.717, 1.165) is 0 Å². The molecular weight excluding hydrogens is 156 g/mol. The van der Waals surface area contributed by atoms with Gasteiger partial charge in [-0.25, -0.2) is 4.79 Å². The van der Waals surface area contributed by atoms with E-state index in [1.807, 2.05) is 0 Å². The summed E-state index contributed by atoms with van der Waals surface area (Å²) in [5.74, 6) is 0.136. The Balaban J connectivity index is 4.11. The Kier molecular flexibility index (Phi) is 5.43. The molecule has 0 aromatic heterocycles. The first-order valence-electron chi connectivity index (χ1n) is 3.44. The number of hydrogen-bond donors (Lipinski definition) is 0. The average Bonchev–Trinajstić information content (AvgIpc) is 2.11. The Labute approximate surface area is 72.0 Å². The standard InChI is InChI=1S/C9H12O3/c1-4-8(12-5-2)6-7-9(10)11-3/h4-7H,2H2,1,3H3/b7-6+,8-4-. The number of carbonyl (C=O) groups excluding carboxylic acids is 1. The van der Waals surface area contributed by atoms with E-state index in [-0.39, 0.29) is 0 Å². The fourth-order valence-electron chi connectivity index (χ4n) is 0.518. The molecule has 0 aliphatic rings. The van der Waals surface area contributed by atoms with E-state index in [2.05, 4.69) is 11.3 Å². The van der Waals surface area contributed by atoms with E-state index in [1.165, 1.54) is 25.5 Å². The van der Waals surface area contributed by atoms with Gasteiger partial charge in [-0.15, -0.1) is 0 Å². The molecule has 0 fully saturated rings.